The summed E-state index contributed by atoms with van der Waals surface area (Å²) in [5, 5.41) is 0. The molecule has 0 aromatic carbocycles. The van der Waals surface area contributed by atoms with Gasteiger partial charge >= 0.3 is 0 Å². The van der Waals surface area contributed by atoms with Crippen LogP contribution in [0.25, 0.3) is 17.5 Å². The Morgan fingerprint density at radius 2 is 1.72 bits per heavy atom. The van der Waals surface area contributed by atoms with Crippen molar-refractivity contribution in [2.45, 2.75) is 70.6 Å². The van der Waals surface area contributed by atoms with Crippen LogP contribution in [0.5, 0.6) is 5.75 Å². The van der Waals surface area contributed by atoms with E-state index in [0.717, 1.165) is 34.9 Å². The minimum absolute atomic E-state index is 0.559. The molecule has 2 N–H and O–H groups in total. The number of aromatic nitrogens is 2. The lowest BCUT2D eigenvalue weighted by molar-refractivity contribution is 0.414. The molecular weight excluding hydrogens is 358 g/mol. The number of aromatic amines is 2. The van der Waals surface area contributed by atoms with E-state index in [1.54, 1.807) is 7.11 Å². The minimum atomic E-state index is 0.559. The number of nitrogens with one attached hydrogen (secondary N) is 2. The third-order valence-electron chi connectivity index (χ3n) is 6.14. The van der Waals surface area contributed by atoms with Gasteiger partial charge in [-0.05, 0) is 55.5 Å². The van der Waals surface area contributed by atoms with Gasteiger partial charge in [0.05, 0.1) is 29.9 Å². The molecule has 0 radical (unpaired) electrons. The average molecular weight is 392 g/mol. The van der Waals surface area contributed by atoms with Crippen molar-refractivity contribution in [1.82, 2.24) is 9.97 Å². The summed E-state index contributed by atoms with van der Waals surface area (Å²) in [5.74, 6) is 1.41. The predicted molar refractivity (Wildman–Crippen MR) is 122 cm³/mol. The second-order valence-corrected chi connectivity index (χ2v) is 8.41. The molecule has 1 unspecified atom stereocenters. The zero-order valence-electron chi connectivity index (χ0n) is 17.8. The molecule has 0 fully saturated rings. The molecule has 0 aliphatic carbocycles. The van der Waals surface area contributed by atoms with Gasteiger partial charge in [0, 0.05) is 17.5 Å². The number of fused-ring (bicyclic) bond motifs is 6. The number of methoxy groups -OCH3 is 1. The number of aliphatic imine (C=N–C) groups is 1. The van der Waals surface area contributed by atoms with Gasteiger partial charge in [-0.25, -0.2) is 0 Å². The lowest BCUT2D eigenvalue weighted by Crippen LogP contribution is -1.94. The first-order valence-electron chi connectivity index (χ1n) is 11.2. The first kappa shape index (κ1) is 19.8. The van der Waals surface area contributed by atoms with Gasteiger partial charge in [0.15, 0.2) is 0 Å². The normalized spacial score (nSPS) is 22.6. The molecule has 4 heteroatoms. The van der Waals surface area contributed by atoms with Gasteiger partial charge in [-0.3, -0.25) is 4.99 Å². The molecule has 6 bridgehead atoms. The highest BCUT2D eigenvalue weighted by Gasteiger charge is 2.14. The van der Waals surface area contributed by atoms with E-state index >= 15 is 0 Å². The van der Waals surface area contributed by atoms with E-state index in [9.17, 15) is 0 Å². The van der Waals surface area contributed by atoms with Crippen LogP contribution in [0.4, 0.5) is 0 Å². The zero-order valence-corrected chi connectivity index (χ0v) is 17.8. The smallest absolute Gasteiger partial charge is 0.144 e. The molecule has 2 aliphatic heterocycles. The summed E-state index contributed by atoms with van der Waals surface area (Å²) in [6.07, 6.45) is 17.9. The highest BCUT2D eigenvalue weighted by atomic mass is 16.5. The first-order chi connectivity index (χ1) is 14.2. The van der Waals surface area contributed by atoms with Gasteiger partial charge in [0.2, 0.25) is 0 Å². The van der Waals surface area contributed by atoms with Crippen LogP contribution in [0, 0.1) is 0 Å². The number of ether oxygens (including phenoxy) is 1. The first-order valence-corrected chi connectivity index (χ1v) is 11.2. The van der Waals surface area contributed by atoms with Crippen molar-refractivity contribution in [3.63, 3.8) is 0 Å². The van der Waals surface area contributed by atoms with Crippen LogP contribution < -0.4 is 4.74 Å². The van der Waals surface area contributed by atoms with Gasteiger partial charge in [-0.2, -0.15) is 0 Å². The highest BCUT2D eigenvalue weighted by molar-refractivity contribution is 5.99. The molecule has 4 nitrogen and oxygen atoms in total. The van der Waals surface area contributed by atoms with E-state index in [4.69, 9.17) is 9.73 Å². The second kappa shape index (κ2) is 9.34. The maximum atomic E-state index is 5.62. The van der Waals surface area contributed by atoms with Crippen molar-refractivity contribution in [3.05, 3.63) is 47.4 Å². The highest BCUT2D eigenvalue weighted by Crippen LogP contribution is 2.31. The topological polar surface area (TPSA) is 53.2 Å². The van der Waals surface area contributed by atoms with E-state index in [2.05, 4.69) is 53.3 Å². The molecule has 2 aromatic heterocycles. The van der Waals surface area contributed by atoms with Gasteiger partial charge < -0.3 is 14.7 Å². The Morgan fingerprint density at radius 3 is 2.55 bits per heavy atom. The van der Waals surface area contributed by atoms with E-state index < -0.39 is 0 Å². The number of hydrogen-bond acceptors (Lipinski definition) is 2. The molecule has 0 spiro atoms. The summed E-state index contributed by atoms with van der Waals surface area (Å²) < 4.78 is 5.62. The summed E-state index contributed by atoms with van der Waals surface area (Å²) in [6.45, 7) is 2.33. The number of nitrogens with zero attached hydrogens (tertiary/aromatic N) is 1. The molecule has 0 saturated heterocycles. The van der Waals surface area contributed by atoms with E-state index in [-0.39, 0.29) is 0 Å². The van der Waals surface area contributed by atoms with E-state index in [1.165, 1.54) is 62.8 Å². The minimum Gasteiger partial charge on any atom is -0.494 e. The monoisotopic (exact) mass is 391 g/mol. The van der Waals surface area contributed by atoms with Crippen LogP contribution in [0.3, 0.4) is 0 Å². The second-order valence-electron chi connectivity index (χ2n) is 8.41. The number of H-pyrrole nitrogens is 2. The van der Waals surface area contributed by atoms with Crippen LogP contribution in [0.1, 0.15) is 82.0 Å². The molecule has 29 heavy (non-hydrogen) atoms. The average Bonchev–Trinajstić information content (AvgIpc) is 3.45. The summed E-state index contributed by atoms with van der Waals surface area (Å²) in [5.41, 5.74) is 6.62. The fraction of sp³-hybridized carbons (Fsp3) is 0.480. The molecule has 0 amide bonds. The van der Waals surface area contributed by atoms with Crippen LogP contribution in [-0.4, -0.2) is 22.8 Å². The van der Waals surface area contributed by atoms with E-state index in [0.29, 0.717) is 5.92 Å². The van der Waals surface area contributed by atoms with Crippen LogP contribution in [0.2, 0.25) is 0 Å². The SMILES string of the molecule is COc1cc2[nH]c1/C=C1/C=CC(=N1)CCCCCCCCCC(C)c1ccc-2[nH]1. The predicted octanol–water partition coefficient (Wildman–Crippen LogP) is 7.00. The standard InChI is InChI=1S/C25H33N3O/c1-18-10-8-6-4-3-5-7-9-11-19-12-13-20(26-19)16-24-25(29-2)17-23(28-24)22-15-14-21(18)27-22/h12-18,27-28H,3-11H2,1-2H3/b20-16-. The van der Waals surface area contributed by atoms with E-state index in [1.807, 2.05) is 0 Å². The van der Waals surface area contributed by atoms with Gasteiger partial charge in [0.25, 0.3) is 0 Å². The molecule has 4 heterocycles. The molecule has 0 saturated carbocycles. The number of rotatable bonds is 1. The third-order valence-corrected chi connectivity index (χ3v) is 6.14. The van der Waals surface area contributed by atoms with Crippen molar-refractivity contribution in [1.29, 1.82) is 0 Å². The maximum absolute atomic E-state index is 5.62. The van der Waals surface area contributed by atoms with Gasteiger partial charge in [-0.15, -0.1) is 0 Å². The largest absolute Gasteiger partial charge is 0.494 e. The Bertz CT molecular complexity index is 912. The molecule has 2 aliphatic rings. The molecule has 154 valence electrons. The molecule has 4 rings (SSSR count). The lowest BCUT2D eigenvalue weighted by Gasteiger charge is -2.09. The quantitative estimate of drug-likeness (QED) is 0.540. The third kappa shape index (κ3) is 4.92. The summed E-state index contributed by atoms with van der Waals surface area (Å²) in [6, 6.07) is 6.46. The Kier molecular flexibility index (Phi) is 6.38. The van der Waals surface area contributed by atoms with Crippen molar-refractivity contribution in [3.8, 4) is 17.1 Å². The Balaban J connectivity index is 1.61. The lowest BCUT2D eigenvalue weighted by atomic mass is 9.99. The summed E-state index contributed by atoms with van der Waals surface area (Å²) in [7, 11) is 1.72. The van der Waals surface area contributed by atoms with Crippen LogP contribution >= 0.6 is 0 Å². The fourth-order valence-corrected chi connectivity index (χ4v) is 4.31. The van der Waals surface area contributed by atoms with Crippen LogP contribution in [0.15, 0.2) is 41.0 Å². The van der Waals surface area contributed by atoms with Gasteiger partial charge in [0.1, 0.15) is 5.75 Å². The van der Waals surface area contributed by atoms with Crippen molar-refractivity contribution in [2.24, 2.45) is 4.99 Å². The summed E-state index contributed by atoms with van der Waals surface area (Å²) >= 11 is 0. The summed E-state index contributed by atoms with van der Waals surface area (Å²) in [4.78, 5) is 11.9. The molecular formula is C25H33N3O. The maximum Gasteiger partial charge on any atom is 0.144 e. The molecule has 2 aromatic rings. The Hall–Kier alpha value is -2.49. The van der Waals surface area contributed by atoms with Crippen molar-refractivity contribution >= 4 is 11.8 Å². The van der Waals surface area contributed by atoms with Crippen molar-refractivity contribution < 1.29 is 4.74 Å². The zero-order chi connectivity index (χ0) is 20.1. The number of allylic oxidation sites excluding steroid dienone is 2. The number of hydrogen-bond donors (Lipinski definition) is 2. The Labute approximate surface area is 174 Å². The fourth-order valence-electron chi connectivity index (χ4n) is 4.31. The molecule has 1 atom stereocenters. The Morgan fingerprint density at radius 1 is 0.931 bits per heavy atom. The van der Waals surface area contributed by atoms with Crippen molar-refractivity contribution in [2.75, 3.05) is 7.11 Å². The van der Waals surface area contributed by atoms with Crippen LogP contribution in [-0.2, 0) is 0 Å². The van der Waals surface area contributed by atoms with Gasteiger partial charge in [-0.1, -0.05) is 45.4 Å².